The van der Waals surface area contributed by atoms with E-state index in [-0.39, 0.29) is 30.9 Å². The second-order valence-electron chi connectivity index (χ2n) is 7.05. The summed E-state index contributed by atoms with van der Waals surface area (Å²) >= 11 is 0. The van der Waals surface area contributed by atoms with Gasteiger partial charge in [0.05, 0.1) is 18.8 Å². The molecule has 2 saturated heterocycles. The number of nitrogens with zero attached hydrogens (tertiary/aromatic N) is 1. The lowest BCUT2D eigenvalue weighted by Gasteiger charge is -2.29. The molecule has 0 radical (unpaired) electrons. The number of carbonyl (C=O) groups is 1. The van der Waals surface area contributed by atoms with Crippen LogP contribution in [0.25, 0.3) is 0 Å². The van der Waals surface area contributed by atoms with Crippen LogP contribution in [0.1, 0.15) is 17.5 Å². The van der Waals surface area contributed by atoms with Crippen LogP contribution < -0.4 is 0 Å². The molecule has 2 aromatic carbocycles. The molecule has 0 N–H and O–H groups in total. The zero-order chi connectivity index (χ0) is 19.3. The topological polar surface area (TPSA) is 57.2 Å². The summed E-state index contributed by atoms with van der Waals surface area (Å²) in [5.41, 5.74) is 2.03. The Balaban J connectivity index is 1.41. The van der Waals surface area contributed by atoms with E-state index >= 15 is 0 Å². The van der Waals surface area contributed by atoms with Crippen LogP contribution in [0.2, 0.25) is 0 Å². The lowest BCUT2D eigenvalue weighted by Crippen LogP contribution is -2.47. The summed E-state index contributed by atoms with van der Waals surface area (Å²) in [5.74, 6) is 0. The van der Waals surface area contributed by atoms with Gasteiger partial charge in [-0.3, -0.25) is 4.90 Å². The molecule has 2 aliphatic heterocycles. The quantitative estimate of drug-likeness (QED) is 0.766. The van der Waals surface area contributed by atoms with Crippen molar-refractivity contribution in [3.05, 3.63) is 71.8 Å². The van der Waals surface area contributed by atoms with Gasteiger partial charge in [0, 0.05) is 13.7 Å². The molecular weight excluding hydrogens is 358 g/mol. The van der Waals surface area contributed by atoms with E-state index in [4.69, 9.17) is 18.9 Å². The SMILES string of the molecule is CO[C@H]1O[C@H]2CCN(C(=O)OCc3ccccc3)[C@@H]2[C@@H]1OCc1ccccc1. The smallest absolute Gasteiger partial charge is 0.410 e. The highest BCUT2D eigenvalue weighted by atomic mass is 16.7. The molecule has 2 fully saturated rings. The first-order chi connectivity index (χ1) is 13.8. The average Bonchev–Trinajstić information content (AvgIpc) is 3.31. The molecule has 0 saturated carbocycles. The first-order valence-electron chi connectivity index (χ1n) is 9.57. The summed E-state index contributed by atoms with van der Waals surface area (Å²) in [6.45, 7) is 1.27. The van der Waals surface area contributed by atoms with Crippen LogP contribution in [0, 0.1) is 0 Å². The van der Waals surface area contributed by atoms with Gasteiger partial charge in [-0.2, -0.15) is 0 Å². The Hall–Kier alpha value is -2.41. The number of amides is 1. The van der Waals surface area contributed by atoms with Crippen molar-refractivity contribution >= 4 is 6.09 Å². The number of ether oxygens (including phenoxy) is 4. The third kappa shape index (κ3) is 4.04. The molecule has 0 aromatic heterocycles. The molecule has 0 bridgehead atoms. The molecule has 0 aliphatic carbocycles. The molecule has 6 nitrogen and oxygen atoms in total. The van der Waals surface area contributed by atoms with Crippen molar-refractivity contribution in [3.8, 4) is 0 Å². The number of rotatable bonds is 6. The van der Waals surface area contributed by atoms with E-state index < -0.39 is 6.29 Å². The molecule has 1 amide bonds. The largest absolute Gasteiger partial charge is 0.445 e. The van der Waals surface area contributed by atoms with Crippen LogP contribution in [0.15, 0.2) is 60.7 Å². The Labute approximate surface area is 165 Å². The van der Waals surface area contributed by atoms with Gasteiger partial charge in [-0.1, -0.05) is 60.7 Å². The third-order valence-corrected chi connectivity index (χ3v) is 5.27. The van der Waals surface area contributed by atoms with E-state index in [0.29, 0.717) is 13.2 Å². The fraction of sp³-hybridized carbons (Fsp3) is 0.409. The summed E-state index contributed by atoms with van der Waals surface area (Å²) in [4.78, 5) is 14.5. The van der Waals surface area contributed by atoms with E-state index in [2.05, 4.69) is 0 Å². The molecule has 0 spiro atoms. The normalized spacial score (nSPS) is 26.2. The number of carbonyl (C=O) groups excluding carboxylic acids is 1. The van der Waals surface area contributed by atoms with Gasteiger partial charge in [-0.25, -0.2) is 4.79 Å². The maximum atomic E-state index is 12.7. The van der Waals surface area contributed by atoms with Crippen LogP contribution in [0.3, 0.4) is 0 Å². The minimum atomic E-state index is -0.497. The minimum Gasteiger partial charge on any atom is -0.445 e. The van der Waals surface area contributed by atoms with E-state index in [1.165, 1.54) is 0 Å². The van der Waals surface area contributed by atoms with Gasteiger partial charge in [-0.05, 0) is 17.5 Å². The summed E-state index contributed by atoms with van der Waals surface area (Å²) in [6, 6.07) is 19.4. The molecule has 0 unspecified atom stereocenters. The van der Waals surface area contributed by atoms with Crippen LogP contribution in [-0.4, -0.2) is 49.2 Å². The number of methoxy groups -OCH3 is 1. The zero-order valence-corrected chi connectivity index (χ0v) is 15.9. The highest BCUT2D eigenvalue weighted by Gasteiger charge is 2.53. The molecular formula is C22H25NO5. The fourth-order valence-electron chi connectivity index (χ4n) is 3.88. The fourth-order valence-corrected chi connectivity index (χ4v) is 3.88. The molecule has 28 heavy (non-hydrogen) atoms. The standard InChI is InChI=1S/C22H25NO5/c1-25-21-20(26-14-16-8-4-2-5-9-16)19-18(28-21)12-13-23(19)22(24)27-15-17-10-6-3-7-11-17/h2-11,18-21H,12-15H2,1H3/t18-,19-,20-,21-/m0/s1. The summed E-state index contributed by atoms with van der Waals surface area (Å²) in [7, 11) is 1.60. The van der Waals surface area contributed by atoms with Gasteiger partial charge in [-0.15, -0.1) is 0 Å². The monoisotopic (exact) mass is 383 g/mol. The molecule has 2 aromatic rings. The number of benzene rings is 2. The van der Waals surface area contributed by atoms with Crippen LogP contribution in [0.4, 0.5) is 4.79 Å². The Morgan fingerprint density at radius 2 is 1.68 bits per heavy atom. The predicted molar refractivity (Wildman–Crippen MR) is 102 cm³/mol. The van der Waals surface area contributed by atoms with Crippen LogP contribution >= 0.6 is 0 Å². The van der Waals surface area contributed by atoms with Crippen molar-refractivity contribution in [2.45, 2.75) is 44.2 Å². The molecule has 4 rings (SSSR count). The summed E-state index contributed by atoms with van der Waals surface area (Å²) in [6.07, 6.45) is -0.554. The second-order valence-corrected chi connectivity index (χ2v) is 7.05. The van der Waals surface area contributed by atoms with E-state index in [0.717, 1.165) is 17.5 Å². The van der Waals surface area contributed by atoms with Crippen molar-refractivity contribution in [1.82, 2.24) is 4.90 Å². The van der Waals surface area contributed by atoms with E-state index in [1.54, 1.807) is 12.0 Å². The predicted octanol–water partition coefficient (Wildman–Crippen LogP) is 3.35. The summed E-state index contributed by atoms with van der Waals surface area (Å²) in [5, 5.41) is 0. The van der Waals surface area contributed by atoms with Gasteiger partial charge in [0.2, 0.25) is 0 Å². The number of likely N-dealkylation sites (tertiary alicyclic amines) is 1. The van der Waals surface area contributed by atoms with Gasteiger partial charge in [0.15, 0.2) is 6.29 Å². The molecule has 148 valence electrons. The molecule has 2 heterocycles. The van der Waals surface area contributed by atoms with Gasteiger partial charge < -0.3 is 18.9 Å². The highest BCUT2D eigenvalue weighted by molar-refractivity contribution is 5.69. The van der Waals surface area contributed by atoms with Crippen molar-refractivity contribution in [1.29, 1.82) is 0 Å². The number of fused-ring (bicyclic) bond motifs is 1. The van der Waals surface area contributed by atoms with E-state index in [1.807, 2.05) is 60.7 Å². The van der Waals surface area contributed by atoms with Gasteiger partial charge >= 0.3 is 6.09 Å². The molecule has 4 atom stereocenters. The Morgan fingerprint density at radius 1 is 1.04 bits per heavy atom. The second kappa shape index (κ2) is 8.73. The Morgan fingerprint density at radius 3 is 2.32 bits per heavy atom. The van der Waals surface area contributed by atoms with Crippen LogP contribution in [0.5, 0.6) is 0 Å². The Bertz CT molecular complexity index is 769. The molecule has 6 heteroatoms. The van der Waals surface area contributed by atoms with Crippen molar-refractivity contribution in [3.63, 3.8) is 0 Å². The van der Waals surface area contributed by atoms with Gasteiger partial charge in [0.1, 0.15) is 12.7 Å². The van der Waals surface area contributed by atoms with Crippen molar-refractivity contribution < 1.29 is 23.7 Å². The minimum absolute atomic E-state index is 0.102. The summed E-state index contributed by atoms with van der Waals surface area (Å²) < 4.78 is 23.1. The number of hydrogen-bond donors (Lipinski definition) is 0. The van der Waals surface area contributed by atoms with E-state index in [9.17, 15) is 4.79 Å². The van der Waals surface area contributed by atoms with Crippen LogP contribution in [-0.2, 0) is 32.2 Å². The van der Waals surface area contributed by atoms with Gasteiger partial charge in [0.25, 0.3) is 0 Å². The maximum absolute atomic E-state index is 12.7. The maximum Gasteiger partial charge on any atom is 0.410 e. The zero-order valence-electron chi connectivity index (χ0n) is 15.9. The van der Waals surface area contributed by atoms with Crippen molar-refractivity contribution in [2.75, 3.05) is 13.7 Å². The number of hydrogen-bond acceptors (Lipinski definition) is 5. The van der Waals surface area contributed by atoms with Crippen molar-refractivity contribution in [2.24, 2.45) is 0 Å². The first-order valence-corrected chi connectivity index (χ1v) is 9.57. The molecule has 2 aliphatic rings. The lowest BCUT2D eigenvalue weighted by molar-refractivity contribution is -0.167. The lowest BCUT2D eigenvalue weighted by atomic mass is 10.1. The highest BCUT2D eigenvalue weighted by Crippen LogP contribution is 2.36. The Kier molecular flexibility index (Phi) is 5.90. The third-order valence-electron chi connectivity index (χ3n) is 5.27. The first kappa shape index (κ1) is 18.9. The average molecular weight is 383 g/mol.